The van der Waals surface area contributed by atoms with E-state index in [1.807, 2.05) is 7.05 Å². The van der Waals surface area contributed by atoms with Gasteiger partial charge in [-0.1, -0.05) is 18.2 Å². The first kappa shape index (κ1) is 15.0. The highest BCUT2D eigenvalue weighted by atomic mass is 32.1. The van der Waals surface area contributed by atoms with Gasteiger partial charge in [-0.3, -0.25) is 0 Å². The summed E-state index contributed by atoms with van der Waals surface area (Å²) in [5.74, 6) is -0.217. The second-order valence-corrected chi connectivity index (χ2v) is 6.35. The molecule has 1 atom stereocenters. The second kappa shape index (κ2) is 6.46. The summed E-state index contributed by atoms with van der Waals surface area (Å²) in [5.41, 5.74) is 8.30. The topological polar surface area (TPSA) is 29.3 Å². The van der Waals surface area contributed by atoms with Crippen molar-refractivity contribution < 1.29 is 4.39 Å². The van der Waals surface area contributed by atoms with Crippen LogP contribution >= 0.6 is 11.3 Å². The van der Waals surface area contributed by atoms with Gasteiger partial charge in [0.15, 0.2) is 0 Å². The molecule has 0 spiro atoms. The molecule has 0 aliphatic carbocycles. The summed E-state index contributed by atoms with van der Waals surface area (Å²) < 4.78 is 14.4. The van der Waals surface area contributed by atoms with Crippen LogP contribution in [-0.2, 0) is 6.42 Å². The fourth-order valence-corrected chi connectivity index (χ4v) is 3.69. The third kappa shape index (κ3) is 2.98. The number of rotatable bonds is 5. The maximum absolute atomic E-state index is 13.1. The molecular formula is C18H19FN2S. The molecule has 1 heterocycles. The van der Waals surface area contributed by atoms with Crippen LogP contribution in [0.2, 0.25) is 0 Å². The van der Waals surface area contributed by atoms with Gasteiger partial charge in [-0.05, 0) is 53.1 Å². The molecule has 0 fully saturated rings. The Morgan fingerprint density at radius 1 is 1.14 bits per heavy atom. The summed E-state index contributed by atoms with van der Waals surface area (Å²) in [6, 6.07) is 15.2. The van der Waals surface area contributed by atoms with E-state index in [1.165, 1.54) is 27.8 Å². The summed E-state index contributed by atoms with van der Waals surface area (Å²) in [5, 5.41) is 3.52. The minimum atomic E-state index is -0.217. The number of thiophene rings is 1. The van der Waals surface area contributed by atoms with Gasteiger partial charge >= 0.3 is 0 Å². The summed E-state index contributed by atoms with van der Waals surface area (Å²) in [4.78, 5) is 2.13. The van der Waals surface area contributed by atoms with E-state index in [4.69, 9.17) is 5.73 Å². The van der Waals surface area contributed by atoms with Crippen LogP contribution in [0.3, 0.4) is 0 Å². The van der Waals surface area contributed by atoms with E-state index < -0.39 is 0 Å². The number of likely N-dealkylation sites (N-methyl/N-ethyl adjacent to an activating group) is 1. The van der Waals surface area contributed by atoms with Gasteiger partial charge in [-0.2, -0.15) is 0 Å². The molecule has 0 aliphatic heterocycles. The average Bonchev–Trinajstić information content (AvgIpc) is 2.96. The second-order valence-electron chi connectivity index (χ2n) is 5.44. The Kier molecular flexibility index (Phi) is 4.41. The lowest BCUT2D eigenvalue weighted by Crippen LogP contribution is -2.39. The standard InChI is InChI=1S/C18H19FN2S/c1-21(15-8-6-14(19)7-9-15)16(11-20)10-13-12-22-18-5-3-2-4-17(13)18/h2-9,12,16H,10-11,20H2,1H3. The lowest BCUT2D eigenvalue weighted by molar-refractivity contribution is 0.622. The summed E-state index contributed by atoms with van der Waals surface area (Å²) in [6.45, 7) is 0.554. The van der Waals surface area contributed by atoms with Crippen molar-refractivity contribution in [1.82, 2.24) is 0 Å². The molecule has 3 aromatic rings. The quantitative estimate of drug-likeness (QED) is 0.770. The zero-order valence-corrected chi connectivity index (χ0v) is 13.3. The zero-order chi connectivity index (χ0) is 15.5. The Morgan fingerprint density at radius 2 is 1.86 bits per heavy atom. The van der Waals surface area contributed by atoms with E-state index in [2.05, 4.69) is 34.5 Å². The first-order valence-corrected chi connectivity index (χ1v) is 8.20. The fraction of sp³-hybridized carbons (Fsp3) is 0.222. The van der Waals surface area contributed by atoms with E-state index in [0.29, 0.717) is 6.54 Å². The molecule has 2 N–H and O–H groups in total. The highest BCUT2D eigenvalue weighted by Crippen LogP contribution is 2.28. The van der Waals surface area contributed by atoms with Gasteiger partial charge in [0.2, 0.25) is 0 Å². The first-order chi connectivity index (χ1) is 10.7. The number of halogens is 1. The molecule has 114 valence electrons. The highest BCUT2D eigenvalue weighted by molar-refractivity contribution is 7.17. The van der Waals surface area contributed by atoms with E-state index >= 15 is 0 Å². The van der Waals surface area contributed by atoms with Crippen LogP contribution in [0, 0.1) is 5.82 Å². The van der Waals surface area contributed by atoms with Gasteiger partial charge in [0.1, 0.15) is 5.82 Å². The monoisotopic (exact) mass is 314 g/mol. The van der Waals surface area contributed by atoms with Crippen molar-refractivity contribution in [2.24, 2.45) is 5.73 Å². The molecule has 0 amide bonds. The SMILES string of the molecule is CN(c1ccc(F)cc1)C(CN)Cc1csc2ccccc12. The van der Waals surface area contributed by atoms with E-state index in [-0.39, 0.29) is 11.9 Å². The van der Waals surface area contributed by atoms with Gasteiger partial charge in [0.05, 0.1) is 0 Å². The minimum absolute atomic E-state index is 0.184. The van der Waals surface area contributed by atoms with Crippen molar-refractivity contribution in [3.8, 4) is 0 Å². The van der Waals surface area contributed by atoms with Crippen LogP contribution in [-0.4, -0.2) is 19.6 Å². The van der Waals surface area contributed by atoms with Gasteiger partial charge in [-0.15, -0.1) is 11.3 Å². The number of hydrogen-bond donors (Lipinski definition) is 1. The highest BCUT2D eigenvalue weighted by Gasteiger charge is 2.16. The predicted molar refractivity (Wildman–Crippen MR) is 93.2 cm³/mol. The molecule has 1 aromatic heterocycles. The van der Waals surface area contributed by atoms with Gasteiger partial charge < -0.3 is 10.6 Å². The van der Waals surface area contributed by atoms with Crippen molar-refractivity contribution >= 4 is 27.1 Å². The molecule has 22 heavy (non-hydrogen) atoms. The lowest BCUT2D eigenvalue weighted by Gasteiger charge is -2.29. The Morgan fingerprint density at radius 3 is 2.59 bits per heavy atom. The largest absolute Gasteiger partial charge is 0.370 e. The van der Waals surface area contributed by atoms with Crippen LogP contribution in [0.25, 0.3) is 10.1 Å². The maximum Gasteiger partial charge on any atom is 0.123 e. The van der Waals surface area contributed by atoms with Crippen molar-refractivity contribution in [2.45, 2.75) is 12.5 Å². The third-order valence-corrected chi connectivity index (χ3v) is 5.08. The molecule has 4 heteroatoms. The molecule has 0 aliphatic rings. The molecule has 0 saturated heterocycles. The van der Waals surface area contributed by atoms with Crippen LogP contribution < -0.4 is 10.6 Å². The molecule has 0 bridgehead atoms. The number of nitrogens with zero attached hydrogens (tertiary/aromatic N) is 1. The molecule has 1 unspecified atom stereocenters. The van der Waals surface area contributed by atoms with Gasteiger partial charge in [-0.25, -0.2) is 4.39 Å². The van der Waals surface area contributed by atoms with Crippen LogP contribution in [0.15, 0.2) is 53.9 Å². The Balaban J connectivity index is 1.83. The molecular weight excluding hydrogens is 295 g/mol. The molecule has 2 nitrogen and oxygen atoms in total. The lowest BCUT2D eigenvalue weighted by atomic mass is 10.0. The minimum Gasteiger partial charge on any atom is -0.370 e. The van der Waals surface area contributed by atoms with E-state index in [1.54, 1.807) is 23.5 Å². The van der Waals surface area contributed by atoms with Crippen LogP contribution in [0.1, 0.15) is 5.56 Å². The normalized spacial score (nSPS) is 12.5. The maximum atomic E-state index is 13.1. The summed E-state index contributed by atoms with van der Waals surface area (Å²) >= 11 is 1.77. The van der Waals surface area contributed by atoms with Crippen LogP contribution in [0.5, 0.6) is 0 Å². The van der Waals surface area contributed by atoms with Gasteiger partial charge in [0.25, 0.3) is 0 Å². The zero-order valence-electron chi connectivity index (χ0n) is 12.5. The summed E-state index contributed by atoms with van der Waals surface area (Å²) in [6.07, 6.45) is 0.883. The number of hydrogen-bond acceptors (Lipinski definition) is 3. The number of fused-ring (bicyclic) bond motifs is 1. The third-order valence-electron chi connectivity index (χ3n) is 4.07. The smallest absolute Gasteiger partial charge is 0.123 e. The van der Waals surface area contributed by atoms with E-state index in [0.717, 1.165) is 12.1 Å². The number of anilines is 1. The van der Waals surface area contributed by atoms with Gasteiger partial charge in [0, 0.05) is 30.0 Å². The van der Waals surface area contributed by atoms with Crippen molar-refractivity contribution in [2.75, 3.05) is 18.5 Å². The van der Waals surface area contributed by atoms with Crippen molar-refractivity contribution in [3.63, 3.8) is 0 Å². The fourth-order valence-electron chi connectivity index (χ4n) is 2.71. The number of nitrogens with two attached hydrogens (primary N) is 1. The Labute approximate surface area is 134 Å². The van der Waals surface area contributed by atoms with Crippen molar-refractivity contribution in [1.29, 1.82) is 0 Å². The first-order valence-electron chi connectivity index (χ1n) is 7.32. The molecule has 2 aromatic carbocycles. The summed E-state index contributed by atoms with van der Waals surface area (Å²) in [7, 11) is 2.01. The Hall–Kier alpha value is -1.91. The average molecular weight is 314 g/mol. The number of benzene rings is 2. The predicted octanol–water partition coefficient (Wildman–Crippen LogP) is 4.05. The molecule has 0 radical (unpaired) electrons. The van der Waals surface area contributed by atoms with Crippen LogP contribution in [0.4, 0.5) is 10.1 Å². The van der Waals surface area contributed by atoms with Crippen molar-refractivity contribution in [3.05, 3.63) is 65.3 Å². The molecule has 0 saturated carbocycles. The Bertz CT molecular complexity index is 751. The molecule has 3 rings (SSSR count). The van der Waals surface area contributed by atoms with E-state index in [9.17, 15) is 4.39 Å².